The molecule has 6 heteroatoms. The first-order valence-electron chi connectivity index (χ1n) is 12.1. The molecule has 0 aromatic heterocycles. The topological polar surface area (TPSA) is 61.5 Å². The van der Waals surface area contributed by atoms with E-state index in [1.807, 2.05) is 28.1 Å². The van der Waals surface area contributed by atoms with Crippen LogP contribution in [0.25, 0.3) is 0 Å². The molecule has 2 saturated carbocycles. The molecule has 2 N–H and O–H groups in total. The standard InChI is InChI=1S/C24H44N2O4/c1-17(18-10-11-20-16-21(29-6)13-12-19(20)15-18)23(27)30-24(28)22(26(4)5)9-7-8-14-25(2)3/h17-22H,7-16H2,1-6H3/p+2/t17-,18?,19?,20?,21?,22?/m0/s1. The Hall–Kier alpha value is -0.980. The highest BCUT2D eigenvalue weighted by Gasteiger charge is 2.40. The van der Waals surface area contributed by atoms with Crippen LogP contribution in [-0.4, -0.2) is 65.9 Å². The van der Waals surface area contributed by atoms with E-state index < -0.39 is 0 Å². The zero-order chi connectivity index (χ0) is 22.3. The summed E-state index contributed by atoms with van der Waals surface area (Å²) >= 11 is 0. The molecule has 0 radical (unpaired) electrons. The Balaban J connectivity index is 1.82. The molecule has 6 nitrogen and oxygen atoms in total. The molecule has 5 unspecified atom stereocenters. The first-order valence-corrected chi connectivity index (χ1v) is 12.1. The maximum Gasteiger partial charge on any atom is 0.372 e. The maximum absolute atomic E-state index is 12.8. The van der Waals surface area contributed by atoms with Crippen molar-refractivity contribution in [2.75, 3.05) is 41.8 Å². The first kappa shape index (κ1) is 25.3. The molecule has 0 aromatic rings. The molecule has 0 amide bonds. The maximum atomic E-state index is 12.8. The average molecular weight is 427 g/mol. The number of ether oxygens (including phenoxy) is 2. The molecule has 174 valence electrons. The summed E-state index contributed by atoms with van der Waals surface area (Å²) in [5.74, 6) is 0.884. The second-order valence-electron chi connectivity index (χ2n) is 10.4. The summed E-state index contributed by atoms with van der Waals surface area (Å²) in [6.45, 7) is 3.05. The number of hydrogen-bond donors (Lipinski definition) is 2. The summed E-state index contributed by atoms with van der Waals surface area (Å²) in [5.41, 5.74) is 0. The number of likely N-dealkylation sites (N-methyl/N-ethyl adjacent to an activating group) is 1. The zero-order valence-corrected chi connectivity index (χ0v) is 20.2. The Morgan fingerprint density at radius 3 is 2.23 bits per heavy atom. The molecule has 0 aromatic carbocycles. The number of nitrogens with one attached hydrogen (secondary N) is 2. The highest BCUT2D eigenvalue weighted by Crippen LogP contribution is 2.45. The number of hydrogen-bond acceptors (Lipinski definition) is 4. The van der Waals surface area contributed by atoms with Gasteiger partial charge in [0, 0.05) is 13.5 Å². The van der Waals surface area contributed by atoms with E-state index in [2.05, 4.69) is 14.1 Å². The quantitative estimate of drug-likeness (QED) is 0.308. The summed E-state index contributed by atoms with van der Waals surface area (Å²) in [7, 11) is 10.0. The van der Waals surface area contributed by atoms with Crippen molar-refractivity contribution >= 4 is 11.9 Å². The van der Waals surface area contributed by atoms with Crippen molar-refractivity contribution in [1.82, 2.24) is 0 Å². The number of rotatable bonds is 10. The summed E-state index contributed by atoms with van der Waals surface area (Å²) in [4.78, 5) is 28.0. The normalized spacial score (nSPS) is 28.8. The smallest absolute Gasteiger partial charge is 0.372 e. The lowest BCUT2D eigenvalue weighted by Crippen LogP contribution is -3.11. The van der Waals surface area contributed by atoms with Gasteiger partial charge in [-0.15, -0.1) is 0 Å². The fraction of sp³-hybridized carbons (Fsp3) is 0.917. The van der Waals surface area contributed by atoms with Gasteiger partial charge in [0.1, 0.15) is 0 Å². The van der Waals surface area contributed by atoms with Crippen molar-refractivity contribution in [2.24, 2.45) is 23.7 Å². The number of unbranched alkanes of at least 4 members (excludes halogenated alkanes) is 1. The van der Waals surface area contributed by atoms with E-state index in [1.54, 1.807) is 0 Å². The van der Waals surface area contributed by atoms with Gasteiger partial charge in [0.25, 0.3) is 0 Å². The van der Waals surface area contributed by atoms with Crippen LogP contribution >= 0.6 is 0 Å². The van der Waals surface area contributed by atoms with Gasteiger partial charge in [-0.05, 0) is 69.1 Å². The molecule has 0 spiro atoms. The van der Waals surface area contributed by atoms with Crippen molar-refractivity contribution < 1.29 is 28.9 Å². The molecule has 6 atom stereocenters. The van der Waals surface area contributed by atoms with Gasteiger partial charge in [-0.2, -0.15) is 0 Å². The second kappa shape index (κ2) is 12.2. The average Bonchev–Trinajstić information content (AvgIpc) is 2.71. The van der Waals surface area contributed by atoms with Gasteiger partial charge >= 0.3 is 11.9 Å². The van der Waals surface area contributed by atoms with Crippen molar-refractivity contribution in [1.29, 1.82) is 0 Å². The van der Waals surface area contributed by atoms with E-state index in [1.165, 1.54) is 17.7 Å². The highest BCUT2D eigenvalue weighted by molar-refractivity contribution is 5.88. The molecular weight excluding hydrogens is 380 g/mol. The molecule has 0 saturated heterocycles. The number of quaternary nitrogens is 2. The predicted octanol–water partition coefficient (Wildman–Crippen LogP) is 0.752. The Kier molecular flexibility index (Phi) is 10.2. The summed E-state index contributed by atoms with van der Waals surface area (Å²) in [5, 5.41) is 0. The number of carbonyl (C=O) groups is 2. The van der Waals surface area contributed by atoms with Gasteiger partial charge < -0.3 is 19.3 Å². The van der Waals surface area contributed by atoms with E-state index in [-0.39, 0.29) is 23.9 Å². The van der Waals surface area contributed by atoms with Crippen molar-refractivity contribution in [2.45, 2.75) is 76.9 Å². The summed E-state index contributed by atoms with van der Waals surface area (Å²) in [6, 6.07) is -0.265. The minimum atomic E-state index is -0.349. The fourth-order valence-corrected chi connectivity index (χ4v) is 5.48. The molecule has 2 aliphatic rings. The van der Waals surface area contributed by atoms with Gasteiger partial charge in [-0.3, -0.25) is 4.79 Å². The minimum absolute atomic E-state index is 0.204. The highest BCUT2D eigenvalue weighted by atomic mass is 16.6. The van der Waals surface area contributed by atoms with Gasteiger partial charge in [0.05, 0.1) is 46.8 Å². The molecule has 2 rings (SSSR count). The lowest BCUT2D eigenvalue weighted by Gasteiger charge is -2.42. The van der Waals surface area contributed by atoms with Crippen molar-refractivity contribution in [3.05, 3.63) is 0 Å². The summed E-state index contributed by atoms with van der Waals surface area (Å²) < 4.78 is 11.0. The van der Waals surface area contributed by atoms with Crippen LogP contribution in [0, 0.1) is 23.7 Å². The van der Waals surface area contributed by atoms with Crippen LogP contribution in [0.5, 0.6) is 0 Å². The molecule has 30 heavy (non-hydrogen) atoms. The Morgan fingerprint density at radius 1 is 0.933 bits per heavy atom. The molecule has 0 aliphatic heterocycles. The Labute approximate surface area is 183 Å². The molecular formula is C24H46N2O4+2. The number of fused-ring (bicyclic) bond motifs is 1. The third kappa shape index (κ3) is 7.31. The third-order valence-electron chi connectivity index (χ3n) is 7.62. The van der Waals surface area contributed by atoms with Gasteiger partial charge in [-0.1, -0.05) is 6.92 Å². The van der Waals surface area contributed by atoms with Gasteiger partial charge in [0.15, 0.2) is 6.04 Å². The Morgan fingerprint density at radius 2 is 1.60 bits per heavy atom. The van der Waals surface area contributed by atoms with Crippen LogP contribution in [0.1, 0.15) is 64.7 Å². The van der Waals surface area contributed by atoms with E-state index in [0.29, 0.717) is 17.9 Å². The van der Waals surface area contributed by atoms with E-state index >= 15 is 0 Å². The monoisotopic (exact) mass is 426 g/mol. The number of esters is 2. The SMILES string of the molecule is COC1CCC2CC([C@H](C)C(=O)OC(=O)C(CCCC[NH+](C)C)[NH+](C)C)CCC2C1. The predicted molar refractivity (Wildman–Crippen MR) is 117 cm³/mol. The van der Waals surface area contributed by atoms with Crippen LogP contribution < -0.4 is 9.80 Å². The Bertz CT molecular complexity index is 551. The first-order chi connectivity index (χ1) is 14.2. The van der Waals surface area contributed by atoms with Crippen LogP contribution in [0.3, 0.4) is 0 Å². The zero-order valence-electron chi connectivity index (χ0n) is 20.2. The van der Waals surface area contributed by atoms with E-state index in [4.69, 9.17) is 9.47 Å². The van der Waals surface area contributed by atoms with Crippen LogP contribution in [0.2, 0.25) is 0 Å². The fourth-order valence-electron chi connectivity index (χ4n) is 5.48. The van der Waals surface area contributed by atoms with Crippen LogP contribution in [0.4, 0.5) is 0 Å². The van der Waals surface area contributed by atoms with Crippen LogP contribution in [-0.2, 0) is 19.1 Å². The van der Waals surface area contributed by atoms with Gasteiger partial charge in [0.2, 0.25) is 0 Å². The van der Waals surface area contributed by atoms with E-state index in [0.717, 1.165) is 62.3 Å². The van der Waals surface area contributed by atoms with E-state index in [9.17, 15) is 9.59 Å². The lowest BCUT2D eigenvalue weighted by molar-refractivity contribution is -0.877. The summed E-state index contributed by atoms with van der Waals surface area (Å²) in [6.07, 6.45) is 10.0. The van der Waals surface area contributed by atoms with Crippen LogP contribution in [0.15, 0.2) is 0 Å². The third-order valence-corrected chi connectivity index (χ3v) is 7.62. The lowest BCUT2D eigenvalue weighted by atomic mass is 9.64. The van der Waals surface area contributed by atoms with Crippen molar-refractivity contribution in [3.63, 3.8) is 0 Å². The molecule has 2 fully saturated rings. The number of carbonyl (C=O) groups excluding carboxylic acids is 2. The van der Waals surface area contributed by atoms with Gasteiger partial charge in [-0.25, -0.2) is 4.79 Å². The molecule has 0 heterocycles. The number of methoxy groups -OCH3 is 1. The second-order valence-corrected chi connectivity index (χ2v) is 10.4. The van der Waals surface area contributed by atoms with Crippen molar-refractivity contribution in [3.8, 4) is 0 Å². The molecule has 0 bridgehead atoms. The largest absolute Gasteiger partial charge is 0.388 e. The minimum Gasteiger partial charge on any atom is -0.388 e. The molecule has 2 aliphatic carbocycles.